The van der Waals surface area contributed by atoms with Crippen LogP contribution in [0.4, 0.5) is 5.69 Å². The molecular weight excluding hydrogens is 468 g/mol. The maximum atomic E-state index is 11.2. The zero-order valence-electron chi connectivity index (χ0n) is 24.2. The molecule has 38 heavy (non-hydrogen) atoms. The smallest absolute Gasteiger partial charge is 0.143 e. The number of ketones is 1. The number of aliphatic hydroxyl groups is 1. The van der Waals surface area contributed by atoms with Crippen LogP contribution in [0.1, 0.15) is 81.4 Å². The van der Waals surface area contributed by atoms with Gasteiger partial charge in [-0.25, -0.2) is 0 Å². The van der Waals surface area contributed by atoms with E-state index in [4.69, 9.17) is 0 Å². The normalized spacial score (nSPS) is 16.3. The molecule has 0 spiro atoms. The van der Waals surface area contributed by atoms with Gasteiger partial charge in [0.05, 0.1) is 6.54 Å². The molecule has 1 heterocycles. The van der Waals surface area contributed by atoms with Gasteiger partial charge < -0.3 is 10.4 Å². The van der Waals surface area contributed by atoms with Crippen molar-refractivity contribution >= 4 is 11.5 Å². The second kappa shape index (κ2) is 14.3. The molecule has 1 saturated heterocycles. The van der Waals surface area contributed by atoms with Crippen LogP contribution in [0, 0.1) is 6.92 Å². The summed E-state index contributed by atoms with van der Waals surface area (Å²) in [5.41, 5.74) is 9.83. The predicted molar refractivity (Wildman–Crippen MR) is 161 cm³/mol. The van der Waals surface area contributed by atoms with E-state index in [2.05, 4.69) is 61.3 Å². The summed E-state index contributed by atoms with van der Waals surface area (Å²) in [4.78, 5) is 13.5. The fraction of sp³-hybridized carbons (Fsp3) is 0.441. The monoisotopic (exact) mass is 514 g/mol. The first-order valence-electron chi connectivity index (χ1n) is 14.4. The lowest BCUT2D eigenvalue weighted by Crippen LogP contribution is -2.41. The van der Waals surface area contributed by atoms with Gasteiger partial charge in [-0.05, 0) is 72.9 Å². The molecule has 2 aliphatic rings. The van der Waals surface area contributed by atoms with Crippen LogP contribution in [0.15, 0.2) is 60.7 Å². The van der Waals surface area contributed by atoms with Crippen LogP contribution in [-0.4, -0.2) is 41.5 Å². The Morgan fingerprint density at radius 1 is 0.895 bits per heavy atom. The van der Waals surface area contributed by atoms with Crippen molar-refractivity contribution in [2.75, 3.05) is 25.0 Å². The first-order valence-corrected chi connectivity index (χ1v) is 14.4. The molecule has 1 aliphatic heterocycles. The van der Waals surface area contributed by atoms with Crippen molar-refractivity contribution in [1.82, 2.24) is 4.90 Å². The standard InChI is InChI=1S/C18H28N2O.C14H12O.C2H6/c1-4-15-7-6-8-16(5-2)18(15)19-17-9-11-20(12-10-17)13-14(3)21;1-9-6-7-12-13(8-9)10-4-2-3-5-11(10)14(12)15;1-2/h6-8,17,19H,4-5,9-13H2,1-3H3;2-8,14-15H,1H3;1-2H3. The summed E-state index contributed by atoms with van der Waals surface area (Å²) in [6, 6.07) is 21.4. The lowest BCUT2D eigenvalue weighted by molar-refractivity contribution is -0.118. The average molecular weight is 515 g/mol. The number of hydrogen-bond acceptors (Lipinski definition) is 4. The van der Waals surface area contributed by atoms with Gasteiger partial charge in [0, 0.05) is 24.8 Å². The van der Waals surface area contributed by atoms with Crippen molar-refractivity contribution in [2.45, 2.75) is 79.4 Å². The van der Waals surface area contributed by atoms with Crippen LogP contribution in [0.5, 0.6) is 0 Å². The number of carbonyl (C=O) groups excluding carboxylic acids is 1. The Balaban J connectivity index is 0.000000206. The molecule has 5 rings (SSSR count). The van der Waals surface area contributed by atoms with Gasteiger partial charge >= 0.3 is 0 Å². The van der Waals surface area contributed by atoms with Crippen molar-refractivity contribution in [3.63, 3.8) is 0 Å². The number of fused-ring (bicyclic) bond motifs is 3. The molecule has 1 aliphatic carbocycles. The zero-order valence-corrected chi connectivity index (χ0v) is 24.2. The van der Waals surface area contributed by atoms with Gasteiger partial charge in [0.15, 0.2) is 0 Å². The molecule has 1 fully saturated rings. The molecule has 1 unspecified atom stereocenters. The Kier molecular flexibility index (Phi) is 11.1. The molecule has 1 atom stereocenters. The Morgan fingerprint density at radius 2 is 1.50 bits per heavy atom. The molecule has 3 aromatic rings. The molecule has 0 amide bonds. The van der Waals surface area contributed by atoms with Crippen LogP contribution in [-0.2, 0) is 17.6 Å². The first kappa shape index (κ1) is 29.6. The van der Waals surface area contributed by atoms with E-state index in [0.717, 1.165) is 49.9 Å². The molecule has 0 aromatic heterocycles. The maximum absolute atomic E-state index is 11.2. The van der Waals surface area contributed by atoms with Gasteiger partial charge in [-0.2, -0.15) is 0 Å². The summed E-state index contributed by atoms with van der Waals surface area (Å²) in [5, 5.41) is 13.9. The second-order valence-corrected chi connectivity index (χ2v) is 10.1. The average Bonchev–Trinajstić information content (AvgIpc) is 3.22. The van der Waals surface area contributed by atoms with Crippen molar-refractivity contribution in [3.8, 4) is 11.1 Å². The largest absolute Gasteiger partial charge is 0.384 e. The highest BCUT2D eigenvalue weighted by atomic mass is 16.3. The van der Waals surface area contributed by atoms with Gasteiger partial charge in [-0.3, -0.25) is 9.69 Å². The Bertz CT molecular complexity index is 1170. The van der Waals surface area contributed by atoms with E-state index in [1.165, 1.54) is 33.5 Å². The number of Topliss-reactive ketones (excluding diaryl/α,β-unsaturated/α-hetero) is 1. The minimum Gasteiger partial charge on any atom is -0.384 e. The zero-order chi connectivity index (χ0) is 27.7. The fourth-order valence-electron chi connectivity index (χ4n) is 5.47. The predicted octanol–water partition coefficient (Wildman–Crippen LogP) is 7.36. The van der Waals surface area contributed by atoms with Crippen molar-refractivity contribution in [2.24, 2.45) is 0 Å². The summed E-state index contributed by atoms with van der Waals surface area (Å²) in [6.45, 7) is 14.8. The van der Waals surface area contributed by atoms with E-state index >= 15 is 0 Å². The van der Waals surface area contributed by atoms with E-state index in [1.54, 1.807) is 6.92 Å². The van der Waals surface area contributed by atoms with Crippen LogP contribution in [0.25, 0.3) is 11.1 Å². The van der Waals surface area contributed by atoms with Gasteiger partial charge in [-0.1, -0.05) is 93.9 Å². The second-order valence-electron chi connectivity index (χ2n) is 10.1. The maximum Gasteiger partial charge on any atom is 0.143 e. The summed E-state index contributed by atoms with van der Waals surface area (Å²) >= 11 is 0. The number of anilines is 1. The number of hydrogen-bond donors (Lipinski definition) is 2. The highest BCUT2D eigenvalue weighted by Gasteiger charge is 2.26. The van der Waals surface area contributed by atoms with Crippen LogP contribution < -0.4 is 5.32 Å². The van der Waals surface area contributed by atoms with Gasteiger partial charge in [0.25, 0.3) is 0 Å². The highest BCUT2D eigenvalue weighted by molar-refractivity contribution is 5.78. The number of nitrogens with one attached hydrogen (secondary N) is 1. The minimum absolute atomic E-state index is 0.269. The van der Waals surface area contributed by atoms with E-state index in [9.17, 15) is 9.90 Å². The number of aliphatic hydroxyl groups excluding tert-OH is 1. The number of benzene rings is 3. The van der Waals surface area contributed by atoms with Crippen LogP contribution in [0.2, 0.25) is 0 Å². The first-order chi connectivity index (χ1) is 18.4. The SMILES string of the molecule is CC.CCc1cccc(CC)c1NC1CCN(CC(C)=O)CC1.Cc1ccc2c(c1)-c1ccccc1C2O. The summed E-state index contributed by atoms with van der Waals surface area (Å²) < 4.78 is 0. The number of aryl methyl sites for hydroxylation is 3. The lowest BCUT2D eigenvalue weighted by Gasteiger charge is -2.33. The van der Waals surface area contributed by atoms with Gasteiger partial charge in [0.1, 0.15) is 11.9 Å². The quantitative estimate of drug-likeness (QED) is 0.361. The Labute approximate surface area is 230 Å². The number of likely N-dealkylation sites (tertiary alicyclic amines) is 1. The molecule has 204 valence electrons. The van der Waals surface area contributed by atoms with E-state index in [0.29, 0.717) is 12.6 Å². The van der Waals surface area contributed by atoms with Gasteiger partial charge in [0.2, 0.25) is 0 Å². The Hall–Kier alpha value is -2.95. The molecular formula is C34H46N2O2. The van der Waals surface area contributed by atoms with Crippen LogP contribution >= 0.6 is 0 Å². The summed E-state index contributed by atoms with van der Waals surface area (Å²) in [5.74, 6) is 0.269. The molecule has 0 bridgehead atoms. The lowest BCUT2D eigenvalue weighted by atomic mass is 9.99. The molecule has 4 nitrogen and oxygen atoms in total. The molecule has 0 saturated carbocycles. The van der Waals surface area contributed by atoms with Crippen LogP contribution in [0.3, 0.4) is 0 Å². The number of piperidine rings is 1. The molecule has 4 heteroatoms. The number of para-hydroxylation sites is 1. The van der Waals surface area contributed by atoms with E-state index < -0.39 is 6.10 Å². The topological polar surface area (TPSA) is 52.6 Å². The number of carbonyl (C=O) groups is 1. The van der Waals surface area contributed by atoms with Crippen molar-refractivity contribution < 1.29 is 9.90 Å². The third-order valence-corrected chi connectivity index (χ3v) is 7.43. The van der Waals surface area contributed by atoms with Crippen molar-refractivity contribution in [1.29, 1.82) is 0 Å². The van der Waals surface area contributed by atoms with Gasteiger partial charge in [-0.15, -0.1) is 0 Å². The summed E-state index contributed by atoms with van der Waals surface area (Å²) in [6.07, 6.45) is 3.93. The third kappa shape index (κ3) is 7.12. The minimum atomic E-state index is -0.447. The number of nitrogens with zero attached hydrogens (tertiary/aromatic N) is 1. The highest BCUT2D eigenvalue weighted by Crippen LogP contribution is 2.43. The van der Waals surface area contributed by atoms with Crippen molar-refractivity contribution in [3.05, 3.63) is 88.5 Å². The fourth-order valence-corrected chi connectivity index (χ4v) is 5.47. The van der Waals surface area contributed by atoms with E-state index in [1.807, 2.05) is 44.2 Å². The molecule has 3 aromatic carbocycles. The number of rotatable bonds is 6. The molecule has 2 N–H and O–H groups in total. The third-order valence-electron chi connectivity index (χ3n) is 7.43. The van der Waals surface area contributed by atoms with E-state index in [-0.39, 0.29) is 5.78 Å². The molecule has 0 radical (unpaired) electrons. The Morgan fingerprint density at radius 3 is 2.11 bits per heavy atom. The summed E-state index contributed by atoms with van der Waals surface area (Å²) in [7, 11) is 0.